The van der Waals surface area contributed by atoms with E-state index in [-0.39, 0.29) is 16.6 Å². The third-order valence-electron chi connectivity index (χ3n) is 5.76. The topological polar surface area (TPSA) is 46.6 Å². The monoisotopic (exact) mass is 509 g/mol. The Morgan fingerprint density at radius 3 is 2.26 bits per heavy atom. The first-order valence-corrected chi connectivity index (χ1v) is 12.8. The Balaban J connectivity index is 1.34. The molecule has 0 saturated carbocycles. The van der Waals surface area contributed by atoms with Crippen molar-refractivity contribution in [3.05, 3.63) is 83.4 Å². The van der Waals surface area contributed by atoms with Crippen molar-refractivity contribution < 1.29 is 26.3 Å². The van der Waals surface area contributed by atoms with Crippen LogP contribution in [-0.2, 0) is 16.4 Å². The lowest BCUT2D eigenvalue weighted by atomic mass is 10.0. The van der Waals surface area contributed by atoms with Crippen LogP contribution in [0.1, 0.15) is 12.0 Å². The highest BCUT2D eigenvalue weighted by atomic mass is 35.5. The van der Waals surface area contributed by atoms with Gasteiger partial charge in [-0.15, -0.1) is 13.2 Å². The van der Waals surface area contributed by atoms with Crippen LogP contribution in [0.3, 0.4) is 0 Å². The van der Waals surface area contributed by atoms with Crippen LogP contribution >= 0.6 is 11.6 Å². The van der Waals surface area contributed by atoms with Gasteiger partial charge < -0.3 is 4.74 Å². The first-order chi connectivity index (χ1) is 16.1. The second-order valence-corrected chi connectivity index (χ2v) is 10.9. The van der Waals surface area contributed by atoms with Crippen LogP contribution in [-0.4, -0.2) is 38.5 Å². The molecule has 3 aromatic rings. The zero-order valence-electron chi connectivity index (χ0n) is 18.1. The molecule has 0 aromatic heterocycles. The predicted octanol–water partition coefficient (Wildman–Crippen LogP) is 6.20. The molecule has 0 spiro atoms. The number of benzene rings is 3. The molecule has 180 valence electrons. The minimum absolute atomic E-state index is 0.0921. The van der Waals surface area contributed by atoms with E-state index in [4.69, 9.17) is 11.6 Å². The molecule has 0 amide bonds. The predicted molar refractivity (Wildman–Crippen MR) is 125 cm³/mol. The van der Waals surface area contributed by atoms with Gasteiger partial charge in [-0.3, -0.25) is 4.90 Å². The minimum atomic E-state index is -4.87. The molecule has 0 aliphatic carbocycles. The lowest BCUT2D eigenvalue weighted by molar-refractivity contribution is -0.274. The zero-order valence-corrected chi connectivity index (χ0v) is 19.7. The number of hydrogen-bond acceptors (Lipinski definition) is 4. The summed E-state index contributed by atoms with van der Waals surface area (Å²) in [6, 6.07) is 20.4. The van der Waals surface area contributed by atoms with Gasteiger partial charge in [-0.1, -0.05) is 54.1 Å². The number of ether oxygens (including phenoxy) is 1. The molecule has 1 saturated heterocycles. The van der Waals surface area contributed by atoms with Crippen molar-refractivity contribution in [3.63, 3.8) is 0 Å². The standard InChI is InChI=1S/C25H23ClF3NO3S/c26-22-10-8-21(9-11-22)20-6-4-18(5-7-20)15-30-13-12-19(16-30)17-34(31,32)24-3-1-2-23(14-24)33-25(27,28)29/h1-11,14,19H,12-13,15-17H2/t19-/m1/s1. The summed E-state index contributed by atoms with van der Waals surface area (Å²) in [6.45, 7) is 2.07. The fourth-order valence-corrected chi connectivity index (χ4v) is 5.96. The first kappa shape index (κ1) is 24.6. The molecule has 4 nitrogen and oxygen atoms in total. The van der Waals surface area contributed by atoms with E-state index in [0.717, 1.165) is 35.4 Å². The molecule has 0 N–H and O–H groups in total. The van der Waals surface area contributed by atoms with Gasteiger partial charge in [-0.25, -0.2) is 8.42 Å². The normalized spacial score (nSPS) is 17.1. The van der Waals surface area contributed by atoms with Gasteiger partial charge in [-0.2, -0.15) is 0 Å². The number of sulfone groups is 1. The highest BCUT2D eigenvalue weighted by Gasteiger charge is 2.32. The molecule has 1 aliphatic rings. The van der Waals surface area contributed by atoms with Crippen molar-refractivity contribution in [2.75, 3.05) is 18.8 Å². The van der Waals surface area contributed by atoms with Crippen molar-refractivity contribution in [2.45, 2.75) is 24.2 Å². The molecular formula is C25H23ClF3NO3S. The lowest BCUT2D eigenvalue weighted by Gasteiger charge is -2.17. The molecule has 9 heteroatoms. The highest BCUT2D eigenvalue weighted by molar-refractivity contribution is 7.91. The van der Waals surface area contributed by atoms with E-state index in [1.54, 1.807) is 0 Å². The Bertz CT molecular complexity index is 1230. The molecule has 0 bridgehead atoms. The van der Waals surface area contributed by atoms with Gasteiger partial charge in [0.05, 0.1) is 10.6 Å². The summed E-state index contributed by atoms with van der Waals surface area (Å²) in [6.07, 6.45) is -4.16. The van der Waals surface area contributed by atoms with Crippen LogP contribution in [0.25, 0.3) is 11.1 Å². The van der Waals surface area contributed by atoms with Crippen molar-refractivity contribution in [1.29, 1.82) is 0 Å². The fourth-order valence-electron chi connectivity index (χ4n) is 4.17. The first-order valence-electron chi connectivity index (χ1n) is 10.7. The second kappa shape index (κ2) is 9.98. The third-order valence-corrected chi connectivity index (χ3v) is 7.90. The van der Waals surface area contributed by atoms with Crippen LogP contribution in [0.2, 0.25) is 5.02 Å². The van der Waals surface area contributed by atoms with Crippen molar-refractivity contribution in [1.82, 2.24) is 4.90 Å². The molecule has 0 unspecified atom stereocenters. The summed E-state index contributed by atoms with van der Waals surface area (Å²) >= 11 is 5.95. The Hall–Kier alpha value is -2.55. The van der Waals surface area contributed by atoms with Crippen LogP contribution in [0.4, 0.5) is 13.2 Å². The zero-order chi connectivity index (χ0) is 24.3. The third kappa shape index (κ3) is 6.52. The molecule has 1 atom stereocenters. The maximum Gasteiger partial charge on any atom is 0.573 e. The maximum atomic E-state index is 12.8. The van der Waals surface area contributed by atoms with Crippen LogP contribution < -0.4 is 4.74 Å². The van der Waals surface area contributed by atoms with Gasteiger partial charge in [0.25, 0.3) is 0 Å². The van der Waals surface area contributed by atoms with Crippen molar-refractivity contribution >= 4 is 21.4 Å². The quantitative estimate of drug-likeness (QED) is 0.380. The van der Waals surface area contributed by atoms with E-state index in [9.17, 15) is 21.6 Å². The average Bonchev–Trinajstić information content (AvgIpc) is 3.20. The van der Waals surface area contributed by atoms with E-state index >= 15 is 0 Å². The second-order valence-electron chi connectivity index (χ2n) is 8.40. The summed E-state index contributed by atoms with van der Waals surface area (Å²) in [5, 5.41) is 0.688. The minimum Gasteiger partial charge on any atom is -0.406 e. The van der Waals surface area contributed by atoms with Crippen LogP contribution in [0, 0.1) is 5.92 Å². The molecule has 3 aromatic carbocycles. The van der Waals surface area contributed by atoms with Gasteiger partial charge in [0.15, 0.2) is 9.84 Å². The van der Waals surface area contributed by atoms with E-state index < -0.39 is 21.9 Å². The number of halogens is 4. The summed E-state index contributed by atoms with van der Waals surface area (Å²) in [4.78, 5) is 2.03. The molecule has 1 aliphatic heterocycles. The summed E-state index contributed by atoms with van der Waals surface area (Å²) in [5.74, 6) is -0.747. The number of alkyl halides is 3. The molecular weight excluding hydrogens is 487 g/mol. The van der Waals surface area contributed by atoms with Crippen LogP contribution in [0.15, 0.2) is 77.7 Å². The summed E-state index contributed by atoms with van der Waals surface area (Å²) < 4.78 is 66.8. The Kier molecular flexibility index (Phi) is 7.21. The van der Waals surface area contributed by atoms with Gasteiger partial charge in [0.1, 0.15) is 5.75 Å². The average molecular weight is 510 g/mol. The molecule has 0 radical (unpaired) electrons. The number of hydrogen-bond donors (Lipinski definition) is 0. The van der Waals surface area contributed by atoms with Crippen molar-refractivity contribution in [2.24, 2.45) is 5.92 Å². The van der Waals surface area contributed by atoms with Gasteiger partial charge in [-0.05, 0) is 65.9 Å². The number of rotatable bonds is 7. The highest BCUT2D eigenvalue weighted by Crippen LogP contribution is 2.28. The van der Waals surface area contributed by atoms with Gasteiger partial charge >= 0.3 is 6.36 Å². The SMILES string of the molecule is O=S(=O)(C[C@@H]1CCN(Cc2ccc(-c3ccc(Cl)cc3)cc2)C1)c1cccc(OC(F)(F)F)c1. The lowest BCUT2D eigenvalue weighted by Crippen LogP contribution is -2.23. The van der Waals surface area contributed by atoms with E-state index in [2.05, 4.69) is 21.8 Å². The van der Waals surface area contributed by atoms with E-state index in [0.29, 0.717) is 24.5 Å². The van der Waals surface area contributed by atoms with Crippen LogP contribution in [0.5, 0.6) is 5.75 Å². The Labute approximate surface area is 201 Å². The molecule has 4 rings (SSSR count). The number of nitrogens with zero attached hydrogens (tertiary/aromatic N) is 1. The van der Waals surface area contributed by atoms with E-state index in [1.165, 1.54) is 12.1 Å². The van der Waals surface area contributed by atoms with E-state index in [1.807, 2.05) is 36.4 Å². The largest absolute Gasteiger partial charge is 0.573 e. The van der Waals surface area contributed by atoms with Gasteiger partial charge in [0, 0.05) is 18.1 Å². The molecule has 1 heterocycles. The van der Waals surface area contributed by atoms with Crippen molar-refractivity contribution in [3.8, 4) is 16.9 Å². The fraction of sp³-hybridized carbons (Fsp3) is 0.280. The summed E-state index contributed by atoms with van der Waals surface area (Å²) in [7, 11) is -3.74. The molecule has 1 fully saturated rings. The Morgan fingerprint density at radius 1 is 0.971 bits per heavy atom. The summed E-state index contributed by atoms with van der Waals surface area (Å²) in [5.41, 5.74) is 3.29. The smallest absolute Gasteiger partial charge is 0.406 e. The number of likely N-dealkylation sites (tertiary alicyclic amines) is 1. The Morgan fingerprint density at radius 2 is 1.62 bits per heavy atom. The maximum absolute atomic E-state index is 12.8. The molecule has 34 heavy (non-hydrogen) atoms. The van der Waals surface area contributed by atoms with Gasteiger partial charge in [0.2, 0.25) is 0 Å².